The Kier molecular flexibility index (Phi) is 2.86. The van der Waals surface area contributed by atoms with E-state index in [0.29, 0.717) is 6.42 Å². The molecule has 1 N–H and O–H groups in total. The predicted molar refractivity (Wildman–Crippen MR) is 62.5 cm³/mol. The molecule has 0 radical (unpaired) electrons. The largest absolute Gasteiger partial charge is 0.323 e. The molecule has 0 aliphatic heterocycles. The second-order valence-electron chi connectivity index (χ2n) is 3.84. The van der Waals surface area contributed by atoms with Crippen LogP contribution in [0, 0.1) is 0 Å². The number of hydrogen-bond acceptors (Lipinski definition) is 2. The Balaban J connectivity index is 2.28. The van der Waals surface area contributed by atoms with Crippen molar-refractivity contribution < 1.29 is 9.59 Å². The number of aryl methyl sites for hydroxylation is 1. The average Bonchev–Trinajstić information content (AvgIpc) is 2.29. The van der Waals surface area contributed by atoms with Crippen molar-refractivity contribution in [2.45, 2.75) is 19.3 Å². The number of rotatable bonds is 2. The fourth-order valence-electron chi connectivity index (χ4n) is 1.92. The Hall–Kier alpha value is -1.90. The summed E-state index contributed by atoms with van der Waals surface area (Å²) in [6.07, 6.45) is 3.65. The number of Topliss-reactive ketones (excluding diaryl/α,β-unsaturated/α-hetero) is 1. The van der Waals surface area contributed by atoms with Gasteiger partial charge in [-0.1, -0.05) is 6.58 Å². The number of benzene rings is 1. The monoisotopic (exact) mass is 215 g/mol. The smallest absolute Gasteiger partial charge is 0.247 e. The highest BCUT2D eigenvalue weighted by Gasteiger charge is 2.17. The van der Waals surface area contributed by atoms with Crippen molar-refractivity contribution >= 4 is 17.4 Å². The number of amides is 1. The van der Waals surface area contributed by atoms with E-state index in [1.54, 1.807) is 12.1 Å². The zero-order valence-electron chi connectivity index (χ0n) is 8.95. The van der Waals surface area contributed by atoms with Gasteiger partial charge in [-0.2, -0.15) is 0 Å². The van der Waals surface area contributed by atoms with Crippen molar-refractivity contribution in [3.05, 3.63) is 42.0 Å². The van der Waals surface area contributed by atoms with Crippen LogP contribution in [-0.4, -0.2) is 11.7 Å². The van der Waals surface area contributed by atoms with E-state index in [1.807, 2.05) is 6.07 Å². The van der Waals surface area contributed by atoms with Crippen molar-refractivity contribution in [1.82, 2.24) is 0 Å². The minimum absolute atomic E-state index is 0.197. The van der Waals surface area contributed by atoms with Gasteiger partial charge in [0.1, 0.15) is 0 Å². The van der Waals surface area contributed by atoms with Gasteiger partial charge in [0.2, 0.25) is 5.91 Å². The molecule has 82 valence electrons. The van der Waals surface area contributed by atoms with Gasteiger partial charge in [0, 0.05) is 17.7 Å². The van der Waals surface area contributed by atoms with E-state index in [4.69, 9.17) is 0 Å². The normalized spacial score (nSPS) is 14.1. The Morgan fingerprint density at radius 2 is 2.19 bits per heavy atom. The van der Waals surface area contributed by atoms with Gasteiger partial charge >= 0.3 is 0 Å². The van der Waals surface area contributed by atoms with Crippen LogP contribution in [0.1, 0.15) is 28.8 Å². The molecule has 0 saturated carbocycles. The topological polar surface area (TPSA) is 46.2 Å². The minimum Gasteiger partial charge on any atom is -0.323 e. The molecule has 16 heavy (non-hydrogen) atoms. The molecule has 3 nitrogen and oxygen atoms in total. The molecule has 0 bridgehead atoms. The summed E-state index contributed by atoms with van der Waals surface area (Å²) in [5, 5.41) is 2.69. The number of hydrogen-bond donors (Lipinski definition) is 1. The Labute approximate surface area is 94.2 Å². The summed E-state index contributed by atoms with van der Waals surface area (Å²) < 4.78 is 0. The van der Waals surface area contributed by atoms with Crippen LogP contribution in [-0.2, 0) is 11.2 Å². The van der Waals surface area contributed by atoms with E-state index < -0.39 is 0 Å². The minimum atomic E-state index is -0.234. The molecule has 1 aliphatic rings. The molecule has 0 unspecified atom stereocenters. The van der Waals surface area contributed by atoms with Crippen LogP contribution in [0.3, 0.4) is 0 Å². The van der Waals surface area contributed by atoms with Crippen molar-refractivity contribution in [2.75, 3.05) is 5.32 Å². The first-order valence-corrected chi connectivity index (χ1v) is 5.30. The summed E-state index contributed by atoms with van der Waals surface area (Å²) in [6, 6.07) is 5.41. The van der Waals surface area contributed by atoms with E-state index in [0.717, 1.165) is 29.7 Å². The first kappa shape index (κ1) is 10.6. The number of ketones is 1. The van der Waals surface area contributed by atoms with Crippen LogP contribution in [0.4, 0.5) is 5.69 Å². The number of carbonyl (C=O) groups excluding carboxylic acids is 2. The van der Waals surface area contributed by atoms with Crippen LogP contribution in [0.5, 0.6) is 0 Å². The molecular weight excluding hydrogens is 202 g/mol. The number of nitrogens with one attached hydrogen (secondary N) is 1. The number of fused-ring (bicyclic) bond motifs is 1. The molecule has 0 aromatic heterocycles. The average molecular weight is 215 g/mol. The molecule has 0 fully saturated rings. The molecule has 2 rings (SSSR count). The SMILES string of the molecule is C=CC(=O)Nc1ccc2c(c1)CCCC2=O. The van der Waals surface area contributed by atoms with E-state index in [1.165, 1.54) is 6.08 Å². The van der Waals surface area contributed by atoms with Crippen LogP contribution >= 0.6 is 0 Å². The molecule has 0 heterocycles. The zero-order chi connectivity index (χ0) is 11.5. The van der Waals surface area contributed by atoms with Gasteiger partial charge in [-0.3, -0.25) is 9.59 Å². The maximum absolute atomic E-state index is 11.6. The molecule has 3 heteroatoms. The second-order valence-corrected chi connectivity index (χ2v) is 3.84. The Morgan fingerprint density at radius 1 is 1.38 bits per heavy atom. The molecule has 1 aliphatic carbocycles. The van der Waals surface area contributed by atoms with Gasteiger partial charge in [-0.05, 0) is 42.7 Å². The fraction of sp³-hybridized carbons (Fsp3) is 0.231. The van der Waals surface area contributed by atoms with Gasteiger partial charge in [0.15, 0.2) is 5.78 Å². The van der Waals surface area contributed by atoms with Crippen LogP contribution in [0.15, 0.2) is 30.9 Å². The van der Waals surface area contributed by atoms with E-state index in [2.05, 4.69) is 11.9 Å². The fourth-order valence-corrected chi connectivity index (χ4v) is 1.92. The number of carbonyl (C=O) groups is 2. The van der Waals surface area contributed by atoms with E-state index in [9.17, 15) is 9.59 Å². The van der Waals surface area contributed by atoms with E-state index in [-0.39, 0.29) is 11.7 Å². The van der Waals surface area contributed by atoms with Gasteiger partial charge in [0.05, 0.1) is 0 Å². The molecule has 1 aromatic rings. The molecule has 0 spiro atoms. The molecule has 0 atom stereocenters. The summed E-state index contributed by atoms with van der Waals surface area (Å²) in [5.41, 5.74) is 2.54. The first-order valence-electron chi connectivity index (χ1n) is 5.30. The van der Waals surface area contributed by atoms with Crippen LogP contribution in [0.25, 0.3) is 0 Å². The standard InChI is InChI=1S/C13H13NO2/c1-2-13(16)14-10-6-7-11-9(8-10)4-3-5-12(11)15/h2,6-8H,1,3-5H2,(H,14,16). The Morgan fingerprint density at radius 3 is 2.94 bits per heavy atom. The highest BCUT2D eigenvalue weighted by atomic mass is 16.1. The lowest BCUT2D eigenvalue weighted by Gasteiger charge is -2.15. The summed E-state index contributed by atoms with van der Waals surface area (Å²) in [6.45, 7) is 3.39. The van der Waals surface area contributed by atoms with Gasteiger partial charge in [0.25, 0.3) is 0 Å². The van der Waals surface area contributed by atoms with Gasteiger partial charge < -0.3 is 5.32 Å². The van der Waals surface area contributed by atoms with Crippen LogP contribution < -0.4 is 5.32 Å². The zero-order valence-corrected chi connectivity index (χ0v) is 8.95. The maximum atomic E-state index is 11.6. The van der Waals surface area contributed by atoms with Gasteiger partial charge in [-0.15, -0.1) is 0 Å². The quantitative estimate of drug-likeness (QED) is 0.769. The third-order valence-electron chi connectivity index (χ3n) is 2.71. The number of anilines is 1. The summed E-state index contributed by atoms with van der Waals surface area (Å²) in [5.74, 6) is -0.0371. The summed E-state index contributed by atoms with van der Waals surface area (Å²) in [7, 11) is 0. The van der Waals surface area contributed by atoms with Crippen molar-refractivity contribution in [1.29, 1.82) is 0 Å². The van der Waals surface area contributed by atoms with Crippen molar-refractivity contribution in [2.24, 2.45) is 0 Å². The molecular formula is C13H13NO2. The summed E-state index contributed by atoms with van der Waals surface area (Å²) >= 11 is 0. The highest BCUT2D eigenvalue weighted by molar-refractivity contribution is 6.01. The predicted octanol–water partition coefficient (Wildman–Crippen LogP) is 2.33. The summed E-state index contributed by atoms with van der Waals surface area (Å²) in [4.78, 5) is 22.7. The lowest BCUT2D eigenvalue weighted by molar-refractivity contribution is -0.111. The maximum Gasteiger partial charge on any atom is 0.247 e. The third kappa shape index (κ3) is 2.03. The van der Waals surface area contributed by atoms with Crippen molar-refractivity contribution in [3.8, 4) is 0 Å². The van der Waals surface area contributed by atoms with Gasteiger partial charge in [-0.25, -0.2) is 0 Å². The lowest BCUT2D eigenvalue weighted by atomic mass is 9.90. The van der Waals surface area contributed by atoms with Crippen LogP contribution in [0.2, 0.25) is 0 Å². The first-order chi connectivity index (χ1) is 7.70. The molecule has 1 amide bonds. The Bertz CT molecular complexity index is 463. The third-order valence-corrected chi connectivity index (χ3v) is 2.71. The second kappa shape index (κ2) is 4.31. The lowest BCUT2D eigenvalue weighted by Crippen LogP contribution is -2.12. The van der Waals surface area contributed by atoms with E-state index >= 15 is 0 Å². The highest BCUT2D eigenvalue weighted by Crippen LogP contribution is 2.24. The molecule has 1 aromatic carbocycles. The van der Waals surface area contributed by atoms with Crippen molar-refractivity contribution in [3.63, 3.8) is 0 Å². The molecule has 0 saturated heterocycles.